The zero-order valence-corrected chi connectivity index (χ0v) is 12.6. The number of aliphatic hydroxyl groups is 2. The molecule has 0 aliphatic rings. The number of nitrogens with one attached hydrogen (secondary N) is 3. The molecule has 0 unspecified atom stereocenters. The first kappa shape index (κ1) is 17.2. The van der Waals surface area contributed by atoms with Crippen LogP contribution in [-0.4, -0.2) is 44.0 Å². The van der Waals surface area contributed by atoms with Gasteiger partial charge in [0.05, 0.1) is 36.3 Å². The topological polar surface area (TPSA) is 128 Å². The Morgan fingerprint density at radius 2 is 1.81 bits per heavy atom. The zero-order valence-electron chi connectivity index (χ0n) is 11.8. The van der Waals surface area contributed by atoms with Crippen molar-refractivity contribution < 1.29 is 23.4 Å². The van der Waals surface area contributed by atoms with Gasteiger partial charge in [-0.15, -0.1) is 0 Å². The molecule has 0 aromatic heterocycles. The number of aliphatic hydroxyl groups excluding tert-OH is 2. The molecule has 0 saturated carbocycles. The Labute approximate surface area is 123 Å². The normalized spacial score (nSPS) is 11.8. The zero-order chi connectivity index (χ0) is 16.1. The molecule has 0 bridgehead atoms. The van der Waals surface area contributed by atoms with Crippen LogP contribution >= 0.6 is 0 Å². The Morgan fingerprint density at radius 3 is 2.33 bits per heavy atom. The van der Waals surface area contributed by atoms with E-state index in [-0.39, 0.29) is 0 Å². The molecule has 118 valence electrons. The first-order chi connectivity index (χ1) is 9.70. The van der Waals surface area contributed by atoms with E-state index in [2.05, 4.69) is 15.6 Å². The number of sulfonamides is 1. The Kier molecular flexibility index (Phi) is 5.53. The van der Waals surface area contributed by atoms with Gasteiger partial charge in [0.1, 0.15) is 0 Å². The summed E-state index contributed by atoms with van der Waals surface area (Å²) in [6.45, 7) is 0.394. The van der Waals surface area contributed by atoms with Crippen molar-refractivity contribution in [3.05, 3.63) is 24.3 Å². The van der Waals surface area contributed by atoms with Crippen LogP contribution in [0, 0.1) is 5.41 Å². The fourth-order valence-corrected chi connectivity index (χ4v) is 1.90. The lowest BCUT2D eigenvalue weighted by Gasteiger charge is -2.23. The molecule has 1 rings (SSSR count). The molecule has 1 amide bonds. The fraction of sp³-hybridized carbons (Fsp3) is 0.417. The van der Waals surface area contributed by atoms with Crippen LogP contribution in [0.25, 0.3) is 0 Å². The molecular formula is C12H19N3O5S. The third-order valence-corrected chi connectivity index (χ3v) is 3.34. The van der Waals surface area contributed by atoms with E-state index in [1.54, 1.807) is 18.2 Å². The predicted octanol–water partition coefficient (Wildman–Crippen LogP) is -0.508. The quantitative estimate of drug-likeness (QED) is 0.431. The number of carbonyl (C=O) groups excluding carboxylic acids is 1. The summed E-state index contributed by atoms with van der Waals surface area (Å²) in [4.78, 5) is 11.8. The van der Waals surface area contributed by atoms with Crippen molar-refractivity contribution in [1.82, 2.24) is 5.43 Å². The summed E-state index contributed by atoms with van der Waals surface area (Å²) >= 11 is 0. The Balaban J connectivity index is 2.72. The van der Waals surface area contributed by atoms with E-state index in [4.69, 9.17) is 10.2 Å². The molecule has 9 heteroatoms. The van der Waals surface area contributed by atoms with Gasteiger partial charge in [0.2, 0.25) is 15.9 Å². The molecule has 0 aliphatic carbocycles. The highest BCUT2D eigenvalue weighted by Crippen LogP contribution is 2.17. The van der Waals surface area contributed by atoms with E-state index in [0.717, 1.165) is 6.26 Å². The van der Waals surface area contributed by atoms with E-state index in [1.165, 1.54) is 13.0 Å². The summed E-state index contributed by atoms with van der Waals surface area (Å²) in [6, 6.07) is 6.25. The lowest BCUT2D eigenvalue weighted by molar-refractivity contribution is -0.134. The molecule has 1 aromatic rings. The van der Waals surface area contributed by atoms with E-state index in [9.17, 15) is 13.2 Å². The molecule has 1 aromatic carbocycles. The van der Waals surface area contributed by atoms with Crippen LogP contribution in [0.3, 0.4) is 0 Å². The first-order valence-electron chi connectivity index (χ1n) is 6.06. The fourth-order valence-electron chi connectivity index (χ4n) is 1.35. The van der Waals surface area contributed by atoms with Crippen molar-refractivity contribution >= 4 is 27.3 Å². The summed E-state index contributed by atoms with van der Waals surface area (Å²) in [5.74, 6) is -0.589. The minimum Gasteiger partial charge on any atom is -0.395 e. The van der Waals surface area contributed by atoms with Gasteiger partial charge in [0, 0.05) is 0 Å². The van der Waals surface area contributed by atoms with E-state index in [1.807, 2.05) is 0 Å². The van der Waals surface area contributed by atoms with Gasteiger partial charge in [-0.1, -0.05) is 6.07 Å². The smallest absolute Gasteiger partial charge is 0.248 e. The highest BCUT2D eigenvalue weighted by molar-refractivity contribution is 7.92. The van der Waals surface area contributed by atoms with Gasteiger partial charge < -0.3 is 10.2 Å². The maximum Gasteiger partial charge on any atom is 0.248 e. The van der Waals surface area contributed by atoms with Crippen LogP contribution < -0.4 is 15.6 Å². The van der Waals surface area contributed by atoms with Crippen molar-refractivity contribution in [2.24, 2.45) is 5.41 Å². The van der Waals surface area contributed by atoms with Gasteiger partial charge in [0.15, 0.2) is 0 Å². The lowest BCUT2D eigenvalue weighted by Crippen LogP contribution is -2.46. The van der Waals surface area contributed by atoms with E-state index >= 15 is 0 Å². The molecule has 0 aliphatic heterocycles. The highest BCUT2D eigenvalue weighted by Gasteiger charge is 2.31. The predicted molar refractivity (Wildman–Crippen MR) is 79.0 cm³/mol. The number of amides is 1. The number of carbonyl (C=O) groups is 1. The molecule has 0 heterocycles. The number of anilines is 2. The maximum absolute atomic E-state index is 11.8. The summed E-state index contributed by atoms with van der Waals surface area (Å²) in [5.41, 5.74) is 4.40. The SMILES string of the molecule is CC(CO)(CO)C(=O)NNc1cccc(NS(C)(=O)=O)c1. The van der Waals surface area contributed by atoms with Gasteiger partial charge in [-0.05, 0) is 25.1 Å². The summed E-state index contributed by atoms with van der Waals surface area (Å²) < 4.78 is 24.6. The maximum atomic E-state index is 11.8. The van der Waals surface area contributed by atoms with E-state index < -0.39 is 34.6 Å². The monoisotopic (exact) mass is 317 g/mol. The van der Waals surface area contributed by atoms with Crippen molar-refractivity contribution in [1.29, 1.82) is 0 Å². The number of hydrogen-bond donors (Lipinski definition) is 5. The third kappa shape index (κ3) is 5.21. The second kappa shape index (κ2) is 6.74. The molecular weight excluding hydrogens is 298 g/mol. The Bertz CT molecular complexity index is 599. The van der Waals surface area contributed by atoms with Crippen LogP contribution in [0.15, 0.2) is 24.3 Å². The van der Waals surface area contributed by atoms with Crippen molar-refractivity contribution in [2.75, 3.05) is 29.6 Å². The molecule has 5 N–H and O–H groups in total. The van der Waals surface area contributed by atoms with Gasteiger partial charge in [-0.3, -0.25) is 20.4 Å². The van der Waals surface area contributed by atoms with Gasteiger partial charge in [0.25, 0.3) is 0 Å². The van der Waals surface area contributed by atoms with Crippen LogP contribution in [-0.2, 0) is 14.8 Å². The highest BCUT2D eigenvalue weighted by atomic mass is 32.2. The van der Waals surface area contributed by atoms with Crippen LogP contribution in [0.5, 0.6) is 0 Å². The van der Waals surface area contributed by atoms with Crippen molar-refractivity contribution in [3.8, 4) is 0 Å². The Hall–Kier alpha value is -1.84. The molecule has 0 spiro atoms. The van der Waals surface area contributed by atoms with Gasteiger partial charge >= 0.3 is 0 Å². The largest absolute Gasteiger partial charge is 0.395 e. The molecule has 0 atom stereocenters. The Morgan fingerprint density at radius 1 is 1.24 bits per heavy atom. The molecule has 21 heavy (non-hydrogen) atoms. The van der Waals surface area contributed by atoms with Gasteiger partial charge in [-0.2, -0.15) is 0 Å². The minimum absolute atomic E-state index is 0.337. The molecule has 0 radical (unpaired) electrons. The third-order valence-electron chi connectivity index (χ3n) is 2.73. The number of benzene rings is 1. The van der Waals surface area contributed by atoms with Crippen molar-refractivity contribution in [3.63, 3.8) is 0 Å². The average molecular weight is 317 g/mol. The molecule has 8 nitrogen and oxygen atoms in total. The molecule has 0 fully saturated rings. The second-order valence-corrected chi connectivity index (χ2v) is 6.66. The summed E-state index contributed by atoms with van der Waals surface area (Å²) in [6.07, 6.45) is 1.03. The minimum atomic E-state index is -3.39. The molecule has 0 saturated heterocycles. The van der Waals surface area contributed by atoms with Gasteiger partial charge in [-0.25, -0.2) is 8.42 Å². The number of hydrazine groups is 1. The number of rotatable bonds is 7. The number of hydrogen-bond acceptors (Lipinski definition) is 6. The van der Waals surface area contributed by atoms with Crippen LogP contribution in [0.4, 0.5) is 11.4 Å². The average Bonchev–Trinajstić information content (AvgIpc) is 2.42. The summed E-state index contributed by atoms with van der Waals surface area (Å²) in [7, 11) is -3.39. The van der Waals surface area contributed by atoms with Crippen LogP contribution in [0.2, 0.25) is 0 Å². The van der Waals surface area contributed by atoms with Crippen molar-refractivity contribution in [2.45, 2.75) is 6.92 Å². The van der Waals surface area contributed by atoms with E-state index in [0.29, 0.717) is 11.4 Å². The second-order valence-electron chi connectivity index (χ2n) is 4.91. The standard InChI is InChI=1S/C12H19N3O5S/c1-12(7-16,8-17)11(18)14-13-9-4-3-5-10(6-9)15-21(2,19)20/h3-6,13,15-17H,7-8H2,1-2H3,(H,14,18). The first-order valence-corrected chi connectivity index (χ1v) is 7.95. The summed E-state index contributed by atoms with van der Waals surface area (Å²) in [5, 5.41) is 18.2. The lowest BCUT2D eigenvalue weighted by atomic mass is 9.92. The van der Waals surface area contributed by atoms with Crippen LogP contribution in [0.1, 0.15) is 6.92 Å².